The number of aromatic amines is 1. The molecular weight excluding hydrogens is 365 g/mol. The minimum absolute atomic E-state index is 0.341. The van der Waals surface area contributed by atoms with Gasteiger partial charge in [-0.2, -0.15) is 29.4 Å². The Labute approximate surface area is 149 Å². The van der Waals surface area contributed by atoms with Crippen LogP contribution in [0.1, 0.15) is 11.4 Å². The Morgan fingerprint density at radius 1 is 1.15 bits per heavy atom. The summed E-state index contributed by atoms with van der Waals surface area (Å²) >= 11 is 1.68. The van der Waals surface area contributed by atoms with E-state index < -0.39 is 11.7 Å². The van der Waals surface area contributed by atoms with Gasteiger partial charge in [0.15, 0.2) is 17.1 Å². The number of fused-ring (bicyclic) bond motifs is 3. The number of alkyl halides is 3. The van der Waals surface area contributed by atoms with Crippen LogP contribution in [0, 0.1) is 0 Å². The number of aromatic nitrogens is 6. The lowest BCUT2D eigenvalue weighted by Gasteiger charge is -2.06. The first-order valence-electron chi connectivity index (χ1n) is 7.72. The minimum Gasteiger partial charge on any atom is -0.340 e. The molecule has 1 aromatic carbocycles. The van der Waals surface area contributed by atoms with E-state index in [0.29, 0.717) is 40.4 Å². The third-order valence-corrected chi connectivity index (χ3v) is 4.54. The highest BCUT2D eigenvalue weighted by molar-refractivity contribution is 7.98. The zero-order chi connectivity index (χ0) is 18.3. The van der Waals surface area contributed by atoms with Crippen LogP contribution in [0.5, 0.6) is 0 Å². The topological polar surface area (TPSA) is 71.8 Å². The molecule has 0 spiro atoms. The second-order valence-corrected chi connectivity index (χ2v) is 6.60. The molecule has 26 heavy (non-hydrogen) atoms. The molecule has 0 radical (unpaired) electrons. The smallest absolute Gasteiger partial charge is 0.340 e. The number of imidazole rings is 1. The molecule has 6 nitrogen and oxygen atoms in total. The number of H-pyrrole nitrogens is 1. The number of nitrogens with zero attached hydrogens (tertiary/aromatic N) is 5. The highest BCUT2D eigenvalue weighted by Crippen LogP contribution is 2.30. The van der Waals surface area contributed by atoms with Gasteiger partial charge in [-0.3, -0.25) is 0 Å². The fourth-order valence-corrected chi connectivity index (χ4v) is 3.03. The first-order chi connectivity index (χ1) is 12.5. The predicted molar refractivity (Wildman–Crippen MR) is 93.0 cm³/mol. The van der Waals surface area contributed by atoms with Gasteiger partial charge in [-0.15, -0.1) is 5.10 Å². The summed E-state index contributed by atoms with van der Waals surface area (Å²) in [6, 6.07) is 4.80. The van der Waals surface area contributed by atoms with Gasteiger partial charge in [0.2, 0.25) is 0 Å². The van der Waals surface area contributed by atoms with Crippen LogP contribution in [0.15, 0.2) is 30.6 Å². The highest BCUT2D eigenvalue weighted by atomic mass is 32.2. The standard InChI is InChI=1S/C16H13F3N6S/c1-26-7-6-11-22-14-12(20-8-21-14)15-23-13(24-25(11)15)9-2-4-10(5-3-9)16(17,18)19/h2-5,8H,6-7H2,1H3,(H,20,21). The summed E-state index contributed by atoms with van der Waals surface area (Å²) in [5.41, 5.74) is 1.54. The van der Waals surface area contributed by atoms with Crippen molar-refractivity contribution >= 4 is 28.6 Å². The Hall–Kier alpha value is -2.62. The van der Waals surface area contributed by atoms with Crippen molar-refractivity contribution < 1.29 is 13.2 Å². The van der Waals surface area contributed by atoms with E-state index in [9.17, 15) is 13.2 Å². The van der Waals surface area contributed by atoms with Crippen LogP contribution in [0.3, 0.4) is 0 Å². The second-order valence-electron chi connectivity index (χ2n) is 5.62. The van der Waals surface area contributed by atoms with Gasteiger partial charge in [-0.05, 0) is 18.4 Å². The van der Waals surface area contributed by atoms with Gasteiger partial charge < -0.3 is 4.98 Å². The fourth-order valence-electron chi connectivity index (χ4n) is 2.65. The lowest BCUT2D eigenvalue weighted by molar-refractivity contribution is -0.137. The van der Waals surface area contributed by atoms with Crippen molar-refractivity contribution in [2.45, 2.75) is 12.6 Å². The molecule has 4 aromatic rings. The average molecular weight is 378 g/mol. The quantitative estimate of drug-likeness (QED) is 0.588. The Balaban J connectivity index is 1.84. The Kier molecular flexibility index (Phi) is 4.06. The largest absolute Gasteiger partial charge is 0.416 e. The maximum absolute atomic E-state index is 12.7. The maximum Gasteiger partial charge on any atom is 0.416 e. The molecule has 0 saturated carbocycles. The van der Waals surface area contributed by atoms with Crippen LogP contribution < -0.4 is 0 Å². The van der Waals surface area contributed by atoms with E-state index in [1.165, 1.54) is 18.5 Å². The molecule has 134 valence electrons. The van der Waals surface area contributed by atoms with E-state index in [4.69, 9.17) is 0 Å². The molecule has 0 aliphatic rings. The minimum atomic E-state index is -4.37. The predicted octanol–water partition coefficient (Wildman–Crippen LogP) is 3.59. The summed E-state index contributed by atoms with van der Waals surface area (Å²) in [5.74, 6) is 1.90. The summed E-state index contributed by atoms with van der Waals surface area (Å²) < 4.78 is 39.9. The van der Waals surface area contributed by atoms with E-state index >= 15 is 0 Å². The van der Waals surface area contributed by atoms with Crippen molar-refractivity contribution in [1.82, 2.24) is 29.5 Å². The van der Waals surface area contributed by atoms with E-state index in [1.807, 2.05) is 6.26 Å². The summed E-state index contributed by atoms with van der Waals surface area (Å²) in [5, 5.41) is 4.46. The SMILES string of the molecule is CSCCc1nc2nc[nH]c2c2nc(-c3ccc(C(F)(F)F)cc3)nn12. The van der Waals surface area contributed by atoms with E-state index in [2.05, 4.69) is 25.0 Å². The van der Waals surface area contributed by atoms with Gasteiger partial charge in [0.05, 0.1) is 11.9 Å². The van der Waals surface area contributed by atoms with Crippen LogP contribution in [0.25, 0.3) is 28.2 Å². The van der Waals surface area contributed by atoms with Crippen LogP contribution in [-0.2, 0) is 12.6 Å². The van der Waals surface area contributed by atoms with Gasteiger partial charge in [-0.1, -0.05) is 12.1 Å². The number of hydrogen-bond donors (Lipinski definition) is 1. The Morgan fingerprint density at radius 3 is 2.62 bits per heavy atom. The summed E-state index contributed by atoms with van der Waals surface area (Å²) in [7, 11) is 0. The molecule has 0 fully saturated rings. The van der Waals surface area contributed by atoms with Crippen molar-refractivity contribution in [2.75, 3.05) is 12.0 Å². The average Bonchev–Trinajstić information content (AvgIpc) is 3.25. The molecule has 4 rings (SSSR count). The Bertz CT molecular complexity index is 1070. The van der Waals surface area contributed by atoms with Gasteiger partial charge in [-0.25, -0.2) is 15.0 Å². The Morgan fingerprint density at radius 2 is 1.92 bits per heavy atom. The molecule has 1 N–H and O–H groups in total. The molecule has 0 saturated heterocycles. The first-order valence-corrected chi connectivity index (χ1v) is 9.12. The molecule has 0 aliphatic heterocycles. The van der Waals surface area contributed by atoms with Gasteiger partial charge in [0.1, 0.15) is 11.3 Å². The molecular formula is C16H13F3N6S. The number of hydrogen-bond acceptors (Lipinski definition) is 5. The van der Waals surface area contributed by atoms with Crippen molar-refractivity contribution in [2.24, 2.45) is 0 Å². The highest BCUT2D eigenvalue weighted by Gasteiger charge is 2.30. The lowest BCUT2D eigenvalue weighted by atomic mass is 10.1. The molecule has 3 heterocycles. The zero-order valence-electron chi connectivity index (χ0n) is 13.6. The molecule has 10 heteroatoms. The molecule has 0 amide bonds. The van der Waals surface area contributed by atoms with Gasteiger partial charge in [0, 0.05) is 17.7 Å². The van der Waals surface area contributed by atoms with Crippen LogP contribution in [0.4, 0.5) is 13.2 Å². The summed E-state index contributed by atoms with van der Waals surface area (Å²) in [4.78, 5) is 16.2. The second kappa shape index (κ2) is 6.27. The summed E-state index contributed by atoms with van der Waals surface area (Å²) in [6.07, 6.45) is -0.167. The third kappa shape index (κ3) is 2.90. The van der Waals surface area contributed by atoms with Crippen molar-refractivity contribution in [3.63, 3.8) is 0 Å². The van der Waals surface area contributed by atoms with E-state index in [-0.39, 0.29) is 0 Å². The van der Waals surface area contributed by atoms with Gasteiger partial charge in [0.25, 0.3) is 0 Å². The molecule has 3 aromatic heterocycles. The molecule has 0 unspecified atom stereocenters. The fraction of sp³-hybridized carbons (Fsp3) is 0.250. The maximum atomic E-state index is 12.7. The molecule has 0 aliphatic carbocycles. The van der Waals surface area contributed by atoms with E-state index in [0.717, 1.165) is 17.9 Å². The van der Waals surface area contributed by atoms with Crippen molar-refractivity contribution in [1.29, 1.82) is 0 Å². The van der Waals surface area contributed by atoms with Crippen LogP contribution >= 0.6 is 11.8 Å². The third-order valence-electron chi connectivity index (χ3n) is 3.93. The zero-order valence-corrected chi connectivity index (χ0v) is 14.4. The monoisotopic (exact) mass is 378 g/mol. The van der Waals surface area contributed by atoms with Crippen molar-refractivity contribution in [3.8, 4) is 11.4 Å². The van der Waals surface area contributed by atoms with Crippen molar-refractivity contribution in [3.05, 3.63) is 42.0 Å². The van der Waals surface area contributed by atoms with E-state index in [1.54, 1.807) is 16.3 Å². The normalized spacial score (nSPS) is 12.3. The van der Waals surface area contributed by atoms with Gasteiger partial charge >= 0.3 is 6.18 Å². The van der Waals surface area contributed by atoms with Crippen LogP contribution in [0.2, 0.25) is 0 Å². The number of halogens is 3. The summed E-state index contributed by atoms with van der Waals surface area (Å²) in [6.45, 7) is 0. The van der Waals surface area contributed by atoms with Crippen LogP contribution in [-0.4, -0.2) is 41.6 Å². The number of aryl methyl sites for hydroxylation is 1. The number of rotatable bonds is 4. The molecule has 0 atom stereocenters. The molecule has 0 bridgehead atoms. The lowest BCUT2D eigenvalue weighted by Crippen LogP contribution is -2.05. The number of thioether (sulfide) groups is 1. The first kappa shape index (κ1) is 16.8. The number of nitrogens with one attached hydrogen (secondary N) is 1. The number of benzene rings is 1.